The Kier molecular flexibility index (Phi) is 5.55. The standard InChI is InChI=1S/C21H17N3O3S2/c25-29(26,18-8-2-1-3-9-18)21-20(23-15-16-6-4-12-22-14-16)27-19(24-21)11-10-17-7-5-13-28-17/h1-14,23H,15H2. The van der Waals surface area contributed by atoms with Crippen molar-refractivity contribution in [2.24, 2.45) is 0 Å². The van der Waals surface area contributed by atoms with Crippen molar-refractivity contribution in [1.29, 1.82) is 0 Å². The maximum atomic E-state index is 13.1. The normalized spacial score (nSPS) is 11.7. The van der Waals surface area contributed by atoms with Crippen molar-refractivity contribution in [2.45, 2.75) is 16.5 Å². The summed E-state index contributed by atoms with van der Waals surface area (Å²) >= 11 is 1.57. The first-order valence-corrected chi connectivity index (χ1v) is 11.1. The monoisotopic (exact) mass is 423 g/mol. The van der Waals surface area contributed by atoms with Crippen LogP contribution in [0.4, 0.5) is 5.88 Å². The van der Waals surface area contributed by atoms with E-state index in [-0.39, 0.29) is 21.7 Å². The van der Waals surface area contributed by atoms with E-state index in [2.05, 4.69) is 15.3 Å². The van der Waals surface area contributed by atoms with Crippen LogP contribution in [0.2, 0.25) is 0 Å². The lowest BCUT2D eigenvalue weighted by Gasteiger charge is -2.06. The SMILES string of the molecule is O=S(=O)(c1ccccc1)c1nc(C=Cc2cccs2)oc1NCc1cccnc1. The molecule has 4 rings (SSSR count). The molecule has 0 aliphatic heterocycles. The van der Waals surface area contributed by atoms with Crippen molar-refractivity contribution in [3.63, 3.8) is 0 Å². The highest BCUT2D eigenvalue weighted by atomic mass is 32.2. The summed E-state index contributed by atoms with van der Waals surface area (Å²) in [5.41, 5.74) is 0.891. The van der Waals surface area contributed by atoms with Gasteiger partial charge in [0.05, 0.1) is 4.90 Å². The number of aromatic nitrogens is 2. The van der Waals surface area contributed by atoms with Crippen LogP contribution < -0.4 is 5.32 Å². The van der Waals surface area contributed by atoms with E-state index in [0.29, 0.717) is 6.54 Å². The van der Waals surface area contributed by atoms with Crippen molar-refractivity contribution in [3.8, 4) is 0 Å². The highest BCUT2D eigenvalue weighted by Gasteiger charge is 2.27. The number of pyridine rings is 1. The molecule has 1 N–H and O–H groups in total. The van der Waals surface area contributed by atoms with Crippen molar-refractivity contribution < 1.29 is 12.8 Å². The topological polar surface area (TPSA) is 85.1 Å². The predicted octanol–water partition coefficient (Wildman–Crippen LogP) is 4.75. The first-order chi connectivity index (χ1) is 14.1. The van der Waals surface area contributed by atoms with Crippen LogP contribution in [0.1, 0.15) is 16.3 Å². The number of hydrogen-bond acceptors (Lipinski definition) is 7. The molecule has 0 spiro atoms. The average molecular weight is 424 g/mol. The molecular formula is C21H17N3O3S2. The average Bonchev–Trinajstić information content (AvgIpc) is 3.42. The third kappa shape index (κ3) is 4.44. The van der Waals surface area contributed by atoms with Crippen LogP contribution in [0.15, 0.2) is 86.7 Å². The summed E-state index contributed by atoms with van der Waals surface area (Å²) in [5, 5.41) is 4.86. The summed E-state index contributed by atoms with van der Waals surface area (Å²) in [6.45, 7) is 0.356. The number of hydrogen-bond donors (Lipinski definition) is 1. The van der Waals surface area contributed by atoms with Gasteiger partial charge in [-0.1, -0.05) is 30.3 Å². The first kappa shape index (κ1) is 19.1. The van der Waals surface area contributed by atoms with E-state index < -0.39 is 9.84 Å². The van der Waals surface area contributed by atoms with Crippen LogP contribution in [-0.4, -0.2) is 18.4 Å². The zero-order valence-electron chi connectivity index (χ0n) is 15.2. The van der Waals surface area contributed by atoms with E-state index in [0.717, 1.165) is 10.4 Å². The molecule has 3 heterocycles. The number of anilines is 1. The molecule has 0 unspecified atom stereocenters. The van der Waals surface area contributed by atoms with Gasteiger partial charge in [0, 0.05) is 29.9 Å². The maximum absolute atomic E-state index is 13.1. The Morgan fingerprint density at radius 2 is 1.90 bits per heavy atom. The minimum absolute atomic E-state index is 0.100. The molecule has 0 radical (unpaired) electrons. The van der Waals surface area contributed by atoms with Gasteiger partial charge in [0.2, 0.25) is 26.6 Å². The second-order valence-electron chi connectivity index (χ2n) is 6.07. The van der Waals surface area contributed by atoms with Gasteiger partial charge >= 0.3 is 0 Å². The van der Waals surface area contributed by atoms with Crippen LogP contribution in [-0.2, 0) is 16.4 Å². The quantitative estimate of drug-likeness (QED) is 0.462. The zero-order chi connectivity index (χ0) is 20.1. The molecule has 0 fully saturated rings. The summed E-state index contributed by atoms with van der Waals surface area (Å²) in [6, 6.07) is 15.8. The van der Waals surface area contributed by atoms with Gasteiger partial charge in [-0.2, -0.15) is 4.98 Å². The van der Waals surface area contributed by atoms with Crippen molar-refractivity contribution in [3.05, 3.63) is 88.7 Å². The number of oxazole rings is 1. The Hall–Kier alpha value is -3.23. The lowest BCUT2D eigenvalue weighted by atomic mass is 10.3. The fourth-order valence-electron chi connectivity index (χ4n) is 2.62. The predicted molar refractivity (Wildman–Crippen MR) is 113 cm³/mol. The van der Waals surface area contributed by atoms with Crippen LogP contribution in [0.3, 0.4) is 0 Å². The highest BCUT2D eigenvalue weighted by molar-refractivity contribution is 7.91. The molecule has 8 heteroatoms. The van der Waals surface area contributed by atoms with E-state index in [4.69, 9.17) is 4.42 Å². The molecule has 146 valence electrons. The number of benzene rings is 1. The molecule has 29 heavy (non-hydrogen) atoms. The second-order valence-corrected chi connectivity index (χ2v) is 8.91. The highest BCUT2D eigenvalue weighted by Crippen LogP contribution is 2.29. The second kappa shape index (κ2) is 8.42. The molecule has 0 aliphatic rings. The largest absolute Gasteiger partial charge is 0.420 e. The summed E-state index contributed by atoms with van der Waals surface area (Å²) in [4.78, 5) is 9.49. The van der Waals surface area contributed by atoms with Gasteiger partial charge < -0.3 is 9.73 Å². The van der Waals surface area contributed by atoms with Gasteiger partial charge in [0.15, 0.2) is 0 Å². The van der Waals surface area contributed by atoms with Gasteiger partial charge in [-0.05, 0) is 41.3 Å². The number of sulfone groups is 1. The maximum Gasteiger partial charge on any atom is 0.234 e. The Bertz CT molecular complexity index is 1200. The molecule has 0 bridgehead atoms. The Morgan fingerprint density at radius 3 is 2.62 bits per heavy atom. The third-order valence-corrected chi connectivity index (χ3v) is 6.55. The molecule has 1 aromatic carbocycles. The lowest BCUT2D eigenvalue weighted by molar-refractivity contribution is 0.554. The molecule has 0 saturated carbocycles. The van der Waals surface area contributed by atoms with Gasteiger partial charge in [-0.25, -0.2) is 8.42 Å². The number of nitrogens with one attached hydrogen (secondary N) is 1. The van der Waals surface area contributed by atoms with E-state index >= 15 is 0 Å². The number of thiophene rings is 1. The van der Waals surface area contributed by atoms with Crippen LogP contribution in [0.25, 0.3) is 12.2 Å². The minimum Gasteiger partial charge on any atom is -0.420 e. The summed E-state index contributed by atoms with van der Waals surface area (Å²) in [5.74, 6) is 0.310. The third-order valence-electron chi connectivity index (χ3n) is 4.03. The molecule has 4 aromatic rings. The Labute approximate surface area is 172 Å². The molecule has 0 atom stereocenters. The smallest absolute Gasteiger partial charge is 0.234 e. The van der Waals surface area contributed by atoms with Gasteiger partial charge in [-0.3, -0.25) is 4.98 Å². The van der Waals surface area contributed by atoms with E-state index in [1.807, 2.05) is 35.7 Å². The summed E-state index contributed by atoms with van der Waals surface area (Å²) in [6.07, 6.45) is 6.87. The lowest BCUT2D eigenvalue weighted by Crippen LogP contribution is -2.07. The van der Waals surface area contributed by atoms with Crippen molar-refractivity contribution in [1.82, 2.24) is 9.97 Å². The molecule has 0 aliphatic carbocycles. The van der Waals surface area contributed by atoms with E-state index in [9.17, 15) is 8.42 Å². The zero-order valence-corrected chi connectivity index (χ0v) is 16.9. The van der Waals surface area contributed by atoms with Crippen LogP contribution in [0.5, 0.6) is 0 Å². The fraction of sp³-hybridized carbons (Fsp3) is 0.0476. The molecular weight excluding hydrogens is 406 g/mol. The van der Waals surface area contributed by atoms with E-state index in [1.54, 1.807) is 48.0 Å². The van der Waals surface area contributed by atoms with Crippen LogP contribution in [0, 0.1) is 0 Å². The molecule has 3 aromatic heterocycles. The Balaban J connectivity index is 1.69. The van der Waals surface area contributed by atoms with Gasteiger partial charge in [0.1, 0.15) is 0 Å². The molecule has 0 saturated heterocycles. The molecule has 0 amide bonds. The Morgan fingerprint density at radius 1 is 1.03 bits per heavy atom. The first-order valence-electron chi connectivity index (χ1n) is 8.78. The summed E-state index contributed by atoms with van der Waals surface area (Å²) in [7, 11) is -3.84. The number of nitrogens with zero attached hydrogens (tertiary/aromatic N) is 2. The minimum atomic E-state index is -3.84. The summed E-state index contributed by atoms with van der Waals surface area (Å²) < 4.78 is 32.0. The van der Waals surface area contributed by atoms with Crippen LogP contribution >= 0.6 is 11.3 Å². The van der Waals surface area contributed by atoms with Crippen molar-refractivity contribution >= 4 is 39.2 Å². The molecule has 6 nitrogen and oxygen atoms in total. The van der Waals surface area contributed by atoms with Crippen molar-refractivity contribution in [2.75, 3.05) is 5.32 Å². The van der Waals surface area contributed by atoms with Gasteiger partial charge in [-0.15, -0.1) is 11.3 Å². The number of rotatable bonds is 7. The van der Waals surface area contributed by atoms with Gasteiger partial charge in [0.25, 0.3) is 0 Å². The fourth-order valence-corrected chi connectivity index (χ4v) is 4.55. The van der Waals surface area contributed by atoms with E-state index in [1.165, 1.54) is 12.1 Å².